The van der Waals surface area contributed by atoms with E-state index < -0.39 is 5.97 Å². The SMILES string of the molecule is CCN1C(=CC=C2CCCC(/C=C/C3=[N+](CC)c4ccccc4C3(C)C)=C2SCCC(=O)O)C(C)(C)c2ccccc21. The normalized spacial score (nSPS) is 21.1. The number of para-hydroxylation sites is 2. The number of benzene rings is 2. The molecule has 0 spiro atoms. The Bertz CT molecular complexity index is 1540. The van der Waals surface area contributed by atoms with Crippen molar-refractivity contribution in [2.75, 3.05) is 23.7 Å². The number of anilines is 1. The lowest BCUT2D eigenvalue weighted by molar-refractivity contribution is -0.433. The highest BCUT2D eigenvalue weighted by molar-refractivity contribution is 8.03. The van der Waals surface area contributed by atoms with Crippen molar-refractivity contribution in [3.05, 3.63) is 106 Å². The lowest BCUT2D eigenvalue weighted by atomic mass is 9.81. The first-order valence-corrected chi connectivity index (χ1v) is 16.4. The van der Waals surface area contributed by atoms with Crippen LogP contribution in [0.4, 0.5) is 11.4 Å². The van der Waals surface area contributed by atoms with Gasteiger partial charge in [-0.2, -0.15) is 4.58 Å². The molecule has 3 aliphatic rings. The van der Waals surface area contributed by atoms with E-state index in [0.717, 1.165) is 32.4 Å². The third-order valence-electron chi connectivity index (χ3n) is 9.15. The number of hydrogen-bond acceptors (Lipinski definition) is 3. The highest BCUT2D eigenvalue weighted by Gasteiger charge is 2.43. The first-order valence-electron chi connectivity index (χ1n) is 15.4. The zero-order valence-electron chi connectivity index (χ0n) is 26.0. The molecule has 0 atom stereocenters. The first-order chi connectivity index (χ1) is 20.1. The second-order valence-corrected chi connectivity index (χ2v) is 13.5. The van der Waals surface area contributed by atoms with Gasteiger partial charge in [0.1, 0.15) is 6.54 Å². The molecule has 1 aliphatic carbocycles. The maximum atomic E-state index is 11.4. The van der Waals surface area contributed by atoms with Crippen LogP contribution < -0.4 is 4.90 Å². The predicted molar refractivity (Wildman–Crippen MR) is 178 cm³/mol. The van der Waals surface area contributed by atoms with Gasteiger partial charge in [-0.25, -0.2) is 0 Å². The molecule has 4 nitrogen and oxygen atoms in total. The number of likely N-dealkylation sites (N-methyl/N-ethyl adjacent to an activating group) is 1. The molecular weight excluding hydrogens is 536 g/mol. The number of rotatable bonds is 9. The van der Waals surface area contributed by atoms with E-state index >= 15 is 0 Å². The van der Waals surface area contributed by atoms with E-state index in [4.69, 9.17) is 0 Å². The maximum absolute atomic E-state index is 11.4. The Balaban J connectivity index is 1.55. The summed E-state index contributed by atoms with van der Waals surface area (Å²) >= 11 is 1.71. The fraction of sp³-hybridized carbons (Fsp3) is 0.405. The summed E-state index contributed by atoms with van der Waals surface area (Å²) in [7, 11) is 0. The number of allylic oxidation sites excluding steroid dienone is 7. The van der Waals surface area contributed by atoms with Crippen molar-refractivity contribution >= 4 is 34.8 Å². The zero-order valence-corrected chi connectivity index (χ0v) is 26.9. The monoisotopic (exact) mass is 581 g/mol. The minimum absolute atomic E-state index is 0.0787. The summed E-state index contributed by atoms with van der Waals surface area (Å²) < 4.78 is 2.44. The van der Waals surface area contributed by atoms with Crippen LogP contribution in [0.3, 0.4) is 0 Å². The van der Waals surface area contributed by atoms with E-state index in [1.54, 1.807) is 11.8 Å². The quantitative estimate of drug-likeness (QED) is 0.300. The average molecular weight is 582 g/mol. The Labute approximate surface area is 256 Å². The maximum Gasteiger partial charge on any atom is 0.304 e. The number of carboxylic acid groups (broad SMARTS) is 1. The molecule has 5 heteroatoms. The van der Waals surface area contributed by atoms with Gasteiger partial charge in [0.05, 0.1) is 11.8 Å². The lowest BCUT2D eigenvalue weighted by Crippen LogP contribution is -2.27. The van der Waals surface area contributed by atoms with Gasteiger partial charge >= 0.3 is 5.97 Å². The Kier molecular flexibility index (Phi) is 8.71. The molecule has 0 saturated heterocycles. The third kappa shape index (κ3) is 5.44. The lowest BCUT2D eigenvalue weighted by Gasteiger charge is -2.26. The third-order valence-corrected chi connectivity index (χ3v) is 10.4. The number of aliphatic carboxylic acids is 1. The molecule has 42 heavy (non-hydrogen) atoms. The summed E-state index contributed by atoms with van der Waals surface area (Å²) in [5.74, 6) is -0.171. The second kappa shape index (κ2) is 12.1. The van der Waals surface area contributed by atoms with E-state index in [-0.39, 0.29) is 17.3 Å². The fourth-order valence-corrected chi connectivity index (χ4v) is 8.16. The average Bonchev–Trinajstić information content (AvgIpc) is 3.33. The summed E-state index contributed by atoms with van der Waals surface area (Å²) in [6, 6.07) is 17.5. The molecule has 0 bridgehead atoms. The van der Waals surface area contributed by atoms with E-state index in [1.165, 1.54) is 50.0 Å². The van der Waals surface area contributed by atoms with Crippen molar-refractivity contribution in [2.24, 2.45) is 0 Å². The topological polar surface area (TPSA) is 43.5 Å². The number of carboxylic acids is 1. The van der Waals surface area contributed by atoms with Crippen LogP contribution in [-0.4, -0.2) is 40.2 Å². The van der Waals surface area contributed by atoms with Crippen molar-refractivity contribution < 1.29 is 14.5 Å². The van der Waals surface area contributed by atoms with Crippen molar-refractivity contribution in [1.29, 1.82) is 0 Å². The van der Waals surface area contributed by atoms with Crippen LogP contribution in [0, 0.1) is 0 Å². The Hall–Kier alpha value is -3.31. The van der Waals surface area contributed by atoms with Gasteiger partial charge in [-0.05, 0) is 75.8 Å². The highest BCUT2D eigenvalue weighted by atomic mass is 32.2. The van der Waals surface area contributed by atoms with Crippen LogP contribution in [0.5, 0.6) is 0 Å². The number of nitrogens with zero attached hydrogens (tertiary/aromatic N) is 2. The van der Waals surface area contributed by atoms with Crippen molar-refractivity contribution in [3.8, 4) is 0 Å². The molecular formula is C37H45N2O2S+. The van der Waals surface area contributed by atoms with Gasteiger partial charge in [-0.15, -0.1) is 11.8 Å². The van der Waals surface area contributed by atoms with Gasteiger partial charge in [0, 0.05) is 51.7 Å². The second-order valence-electron chi connectivity index (χ2n) is 12.4. The van der Waals surface area contributed by atoms with Gasteiger partial charge in [-0.3, -0.25) is 4.79 Å². The number of hydrogen-bond donors (Lipinski definition) is 1. The standard InChI is InChI=1S/C37H44N2O2S/c1-7-38-30-18-11-9-16-28(30)36(3,4)32(38)22-20-26-14-13-15-27(35(26)42-25-24-34(40)41)21-23-33-37(5,6)29-17-10-12-19-31(29)39(33)8-2/h9-12,16-23H,7-8,13-15,24-25H2,1-6H3/p+1. The molecule has 2 heterocycles. The minimum Gasteiger partial charge on any atom is -0.481 e. The van der Waals surface area contributed by atoms with E-state index in [2.05, 4.69) is 124 Å². The molecule has 0 radical (unpaired) electrons. The van der Waals surface area contributed by atoms with Crippen molar-refractivity contribution in [2.45, 2.75) is 78.1 Å². The Morgan fingerprint density at radius 2 is 1.67 bits per heavy atom. The van der Waals surface area contributed by atoms with Crippen molar-refractivity contribution in [3.63, 3.8) is 0 Å². The number of thioether (sulfide) groups is 1. The minimum atomic E-state index is -0.743. The van der Waals surface area contributed by atoms with E-state index in [9.17, 15) is 9.90 Å². The van der Waals surface area contributed by atoms with Crippen LogP contribution in [-0.2, 0) is 15.6 Å². The molecule has 2 aromatic rings. The van der Waals surface area contributed by atoms with Crippen LogP contribution in [0.15, 0.2) is 94.6 Å². The van der Waals surface area contributed by atoms with Gasteiger partial charge in [0.25, 0.3) is 0 Å². The predicted octanol–water partition coefficient (Wildman–Crippen LogP) is 8.91. The molecule has 2 aliphatic heterocycles. The molecule has 0 amide bonds. The first kappa shape index (κ1) is 30.2. The van der Waals surface area contributed by atoms with Crippen LogP contribution in [0.25, 0.3) is 0 Å². The molecule has 0 saturated carbocycles. The van der Waals surface area contributed by atoms with Crippen LogP contribution in [0.2, 0.25) is 0 Å². The van der Waals surface area contributed by atoms with Crippen molar-refractivity contribution in [1.82, 2.24) is 0 Å². The molecule has 1 N–H and O–H groups in total. The Morgan fingerprint density at radius 1 is 0.952 bits per heavy atom. The molecule has 0 aromatic heterocycles. The Morgan fingerprint density at radius 3 is 2.38 bits per heavy atom. The smallest absolute Gasteiger partial charge is 0.304 e. The van der Waals surface area contributed by atoms with Crippen LogP contribution >= 0.6 is 11.8 Å². The summed E-state index contributed by atoms with van der Waals surface area (Å²) in [4.78, 5) is 15.1. The van der Waals surface area contributed by atoms with Gasteiger partial charge in [0.15, 0.2) is 5.71 Å². The van der Waals surface area contributed by atoms with Gasteiger partial charge in [0.2, 0.25) is 5.69 Å². The van der Waals surface area contributed by atoms with Crippen LogP contribution in [0.1, 0.15) is 78.4 Å². The van der Waals surface area contributed by atoms with E-state index in [0.29, 0.717) is 5.75 Å². The molecule has 220 valence electrons. The summed E-state index contributed by atoms with van der Waals surface area (Å²) in [6.07, 6.45) is 12.6. The van der Waals surface area contributed by atoms with Gasteiger partial charge in [-0.1, -0.05) is 62.4 Å². The summed E-state index contributed by atoms with van der Waals surface area (Å²) in [6.45, 7) is 15.5. The summed E-state index contributed by atoms with van der Waals surface area (Å²) in [5, 5.41) is 9.39. The zero-order chi connectivity index (χ0) is 30.1. The highest BCUT2D eigenvalue weighted by Crippen LogP contribution is 2.48. The fourth-order valence-electron chi connectivity index (χ4n) is 6.97. The number of fused-ring (bicyclic) bond motifs is 2. The largest absolute Gasteiger partial charge is 0.481 e. The number of carbonyl (C=O) groups is 1. The molecule has 2 aromatic carbocycles. The van der Waals surface area contributed by atoms with Gasteiger partial charge < -0.3 is 10.0 Å². The van der Waals surface area contributed by atoms with E-state index in [1.807, 2.05) is 0 Å². The molecule has 5 rings (SSSR count). The molecule has 0 unspecified atom stereocenters. The molecule has 0 fully saturated rings. The summed E-state index contributed by atoms with van der Waals surface area (Å²) in [5.41, 5.74) is 10.4.